The van der Waals surface area contributed by atoms with Gasteiger partial charge in [-0.15, -0.1) is 0 Å². The Balaban J connectivity index is 2.58. The Morgan fingerprint density at radius 1 is 0.944 bits per heavy atom. The van der Waals surface area contributed by atoms with E-state index in [4.69, 9.17) is 14.2 Å². The van der Waals surface area contributed by atoms with Gasteiger partial charge < -0.3 is 14.2 Å². The van der Waals surface area contributed by atoms with Crippen LogP contribution < -0.4 is 14.2 Å². The summed E-state index contributed by atoms with van der Waals surface area (Å²) < 4.78 is 18.2. The van der Waals surface area contributed by atoms with Gasteiger partial charge >= 0.3 is 0 Å². The fraction of sp³-hybridized carbons (Fsp3) is 0.429. The Kier molecular flexibility index (Phi) is 4.31. The second kappa shape index (κ2) is 5.96. The SMILES string of the molecule is CCOc1sc2cccc(OCC)c2c1OCC. The highest BCUT2D eigenvalue weighted by molar-refractivity contribution is 7.21. The first kappa shape index (κ1) is 13.0. The highest BCUT2D eigenvalue weighted by atomic mass is 32.1. The van der Waals surface area contributed by atoms with Gasteiger partial charge in [-0.25, -0.2) is 0 Å². The average Bonchev–Trinajstić information content (AvgIpc) is 2.70. The van der Waals surface area contributed by atoms with E-state index in [0.717, 1.165) is 26.6 Å². The molecular weight excluding hydrogens is 248 g/mol. The maximum Gasteiger partial charge on any atom is 0.218 e. The van der Waals surface area contributed by atoms with Gasteiger partial charge in [-0.1, -0.05) is 17.4 Å². The molecule has 2 rings (SSSR count). The van der Waals surface area contributed by atoms with Gasteiger partial charge in [0, 0.05) is 4.70 Å². The molecule has 0 unspecified atom stereocenters. The summed E-state index contributed by atoms with van der Waals surface area (Å²) in [4.78, 5) is 0. The quantitative estimate of drug-likeness (QED) is 0.788. The standard InChI is InChI=1S/C14H18O3S/c1-4-15-10-8-7-9-11-12(10)13(16-5-2)14(18-11)17-6-3/h7-9H,4-6H2,1-3H3. The van der Waals surface area contributed by atoms with E-state index in [9.17, 15) is 0 Å². The van der Waals surface area contributed by atoms with Crippen LogP contribution in [-0.4, -0.2) is 19.8 Å². The van der Waals surface area contributed by atoms with E-state index in [2.05, 4.69) is 6.07 Å². The second-order valence-electron chi connectivity index (χ2n) is 3.65. The lowest BCUT2D eigenvalue weighted by molar-refractivity contribution is 0.296. The maximum atomic E-state index is 5.74. The average molecular weight is 266 g/mol. The van der Waals surface area contributed by atoms with Crippen molar-refractivity contribution in [1.29, 1.82) is 0 Å². The molecule has 0 aliphatic rings. The summed E-state index contributed by atoms with van der Waals surface area (Å²) in [6.07, 6.45) is 0. The third-order valence-corrected chi connectivity index (χ3v) is 3.52. The first-order chi connectivity index (χ1) is 8.81. The normalized spacial score (nSPS) is 10.6. The zero-order valence-corrected chi connectivity index (χ0v) is 11.8. The Morgan fingerprint density at radius 2 is 1.67 bits per heavy atom. The van der Waals surface area contributed by atoms with Crippen LogP contribution in [0.4, 0.5) is 0 Å². The molecule has 0 aliphatic carbocycles. The van der Waals surface area contributed by atoms with E-state index in [1.807, 2.05) is 32.9 Å². The van der Waals surface area contributed by atoms with Crippen LogP contribution in [0.5, 0.6) is 16.6 Å². The van der Waals surface area contributed by atoms with Crippen molar-refractivity contribution in [3.63, 3.8) is 0 Å². The molecule has 2 aromatic rings. The third kappa shape index (κ3) is 2.38. The minimum absolute atomic E-state index is 0.617. The van der Waals surface area contributed by atoms with Gasteiger partial charge in [0.05, 0.1) is 25.2 Å². The van der Waals surface area contributed by atoms with Gasteiger partial charge in [-0.05, 0) is 32.9 Å². The molecule has 18 heavy (non-hydrogen) atoms. The van der Waals surface area contributed by atoms with Gasteiger partial charge in [0.25, 0.3) is 0 Å². The molecule has 0 atom stereocenters. The Hall–Kier alpha value is -1.42. The van der Waals surface area contributed by atoms with Crippen molar-refractivity contribution in [2.24, 2.45) is 0 Å². The van der Waals surface area contributed by atoms with Gasteiger partial charge in [-0.3, -0.25) is 0 Å². The van der Waals surface area contributed by atoms with Crippen molar-refractivity contribution in [2.45, 2.75) is 20.8 Å². The lowest BCUT2D eigenvalue weighted by atomic mass is 10.2. The van der Waals surface area contributed by atoms with E-state index in [-0.39, 0.29) is 0 Å². The molecule has 0 spiro atoms. The van der Waals surface area contributed by atoms with Crippen LogP contribution in [0.2, 0.25) is 0 Å². The summed E-state index contributed by atoms with van der Waals surface area (Å²) in [5.41, 5.74) is 0. The topological polar surface area (TPSA) is 27.7 Å². The predicted octanol–water partition coefficient (Wildman–Crippen LogP) is 4.10. The number of rotatable bonds is 6. The molecule has 0 radical (unpaired) electrons. The monoisotopic (exact) mass is 266 g/mol. The van der Waals surface area contributed by atoms with Crippen LogP contribution >= 0.6 is 11.3 Å². The summed E-state index contributed by atoms with van der Waals surface area (Å²) >= 11 is 1.60. The van der Waals surface area contributed by atoms with Gasteiger partial charge in [0.15, 0.2) is 5.75 Å². The molecule has 0 amide bonds. The van der Waals surface area contributed by atoms with Crippen LogP contribution in [0.1, 0.15) is 20.8 Å². The van der Waals surface area contributed by atoms with Crippen LogP contribution in [0.15, 0.2) is 18.2 Å². The Labute approximate surface area is 111 Å². The van der Waals surface area contributed by atoms with Gasteiger partial charge in [-0.2, -0.15) is 0 Å². The molecule has 0 N–H and O–H groups in total. The lowest BCUT2D eigenvalue weighted by Gasteiger charge is -2.08. The van der Waals surface area contributed by atoms with Crippen molar-refractivity contribution >= 4 is 21.4 Å². The first-order valence-corrected chi connectivity index (χ1v) is 7.07. The van der Waals surface area contributed by atoms with E-state index < -0.39 is 0 Å². The molecule has 1 aromatic heterocycles. The molecule has 1 heterocycles. The molecule has 98 valence electrons. The highest BCUT2D eigenvalue weighted by Gasteiger charge is 2.18. The largest absolute Gasteiger partial charge is 0.493 e. The number of ether oxygens (including phenoxy) is 3. The molecule has 1 aromatic carbocycles. The molecule has 0 saturated heterocycles. The van der Waals surface area contributed by atoms with Crippen molar-refractivity contribution in [1.82, 2.24) is 0 Å². The summed E-state index contributed by atoms with van der Waals surface area (Å²) in [6, 6.07) is 6.03. The number of hydrogen-bond donors (Lipinski definition) is 0. The van der Waals surface area contributed by atoms with Crippen molar-refractivity contribution in [3.8, 4) is 16.6 Å². The summed E-state index contributed by atoms with van der Waals surface area (Å²) in [5, 5.41) is 1.86. The minimum Gasteiger partial charge on any atom is -0.493 e. The number of benzene rings is 1. The molecular formula is C14H18O3S. The van der Waals surface area contributed by atoms with E-state index in [0.29, 0.717) is 19.8 Å². The Morgan fingerprint density at radius 3 is 2.33 bits per heavy atom. The van der Waals surface area contributed by atoms with Gasteiger partial charge in [0.1, 0.15) is 5.75 Å². The summed E-state index contributed by atoms with van der Waals surface area (Å²) in [6.45, 7) is 7.83. The van der Waals surface area contributed by atoms with E-state index in [1.165, 1.54) is 0 Å². The van der Waals surface area contributed by atoms with Crippen molar-refractivity contribution in [3.05, 3.63) is 18.2 Å². The van der Waals surface area contributed by atoms with Crippen LogP contribution in [0.25, 0.3) is 10.1 Å². The zero-order chi connectivity index (χ0) is 13.0. The maximum absolute atomic E-state index is 5.74. The molecule has 0 aliphatic heterocycles. The molecule has 3 nitrogen and oxygen atoms in total. The molecule has 0 fully saturated rings. The van der Waals surface area contributed by atoms with E-state index >= 15 is 0 Å². The summed E-state index contributed by atoms with van der Waals surface area (Å²) in [7, 11) is 0. The number of thiophene rings is 1. The summed E-state index contributed by atoms with van der Waals surface area (Å²) in [5.74, 6) is 1.67. The smallest absolute Gasteiger partial charge is 0.218 e. The molecule has 4 heteroatoms. The van der Waals surface area contributed by atoms with E-state index in [1.54, 1.807) is 11.3 Å². The first-order valence-electron chi connectivity index (χ1n) is 6.25. The van der Waals surface area contributed by atoms with Crippen LogP contribution in [0.3, 0.4) is 0 Å². The highest BCUT2D eigenvalue weighted by Crippen LogP contribution is 2.48. The zero-order valence-electron chi connectivity index (χ0n) is 11.0. The van der Waals surface area contributed by atoms with Crippen LogP contribution in [0, 0.1) is 0 Å². The van der Waals surface area contributed by atoms with Gasteiger partial charge in [0.2, 0.25) is 5.06 Å². The number of hydrogen-bond acceptors (Lipinski definition) is 4. The fourth-order valence-electron chi connectivity index (χ4n) is 1.85. The van der Waals surface area contributed by atoms with Crippen molar-refractivity contribution in [2.75, 3.05) is 19.8 Å². The number of fused-ring (bicyclic) bond motifs is 1. The predicted molar refractivity (Wildman–Crippen MR) is 75.3 cm³/mol. The third-order valence-electron chi connectivity index (χ3n) is 2.47. The molecule has 0 saturated carbocycles. The Bertz CT molecular complexity index is 519. The fourth-order valence-corrected chi connectivity index (χ4v) is 2.92. The molecule has 0 bridgehead atoms. The van der Waals surface area contributed by atoms with Crippen LogP contribution in [-0.2, 0) is 0 Å². The van der Waals surface area contributed by atoms with Crippen molar-refractivity contribution < 1.29 is 14.2 Å². The lowest BCUT2D eigenvalue weighted by Crippen LogP contribution is -1.97. The second-order valence-corrected chi connectivity index (χ2v) is 4.66. The minimum atomic E-state index is 0.617.